The lowest BCUT2D eigenvalue weighted by Crippen LogP contribution is -2.36. The molecule has 0 radical (unpaired) electrons. The summed E-state index contributed by atoms with van der Waals surface area (Å²) in [6, 6.07) is 10.3. The van der Waals surface area contributed by atoms with Gasteiger partial charge in [-0.25, -0.2) is 0 Å². The number of aromatic hydroxyl groups is 2. The molecule has 3 rings (SSSR count). The summed E-state index contributed by atoms with van der Waals surface area (Å²) in [6.45, 7) is 6.10. The molecule has 0 amide bonds. The Hall–Kier alpha value is -3.05. The number of aliphatic hydroxyl groups is 1. The lowest BCUT2D eigenvalue weighted by atomic mass is 9.90. The van der Waals surface area contributed by atoms with E-state index in [0.29, 0.717) is 5.56 Å². The summed E-state index contributed by atoms with van der Waals surface area (Å²) in [4.78, 5) is 12.8. The first-order chi connectivity index (χ1) is 14.3. The van der Waals surface area contributed by atoms with E-state index in [1.54, 1.807) is 24.3 Å². The highest BCUT2D eigenvalue weighted by molar-refractivity contribution is 6.06. The number of fused-ring (bicyclic) bond motifs is 1. The molecule has 0 aliphatic carbocycles. The topological polar surface area (TPSA) is 87.0 Å². The molecule has 1 aliphatic rings. The van der Waals surface area contributed by atoms with Crippen LogP contribution in [0.4, 0.5) is 0 Å². The molecular formula is C25H28O5. The number of rotatable bonds is 6. The minimum absolute atomic E-state index is 0.0714. The van der Waals surface area contributed by atoms with E-state index in [2.05, 4.69) is 19.9 Å². The summed E-state index contributed by atoms with van der Waals surface area (Å²) in [6.07, 6.45) is 3.82. The average molecular weight is 408 g/mol. The maximum Gasteiger partial charge on any atom is 0.202 e. The molecule has 0 bridgehead atoms. The number of phenolic OH excluding ortho intramolecular Hbond substituents is 2. The smallest absolute Gasteiger partial charge is 0.202 e. The van der Waals surface area contributed by atoms with Gasteiger partial charge < -0.3 is 20.1 Å². The van der Waals surface area contributed by atoms with Crippen LogP contribution in [0.2, 0.25) is 0 Å². The van der Waals surface area contributed by atoms with Gasteiger partial charge >= 0.3 is 0 Å². The molecule has 2 atom stereocenters. The molecule has 0 saturated carbocycles. The van der Waals surface area contributed by atoms with E-state index >= 15 is 0 Å². The van der Waals surface area contributed by atoms with Gasteiger partial charge in [0.2, 0.25) is 5.78 Å². The van der Waals surface area contributed by atoms with Crippen LogP contribution in [0.5, 0.6) is 17.2 Å². The number of carbonyl (C=O) groups excluding carboxylic acids is 1. The van der Waals surface area contributed by atoms with Crippen molar-refractivity contribution in [3.05, 3.63) is 76.4 Å². The van der Waals surface area contributed by atoms with Crippen molar-refractivity contribution in [3.63, 3.8) is 0 Å². The van der Waals surface area contributed by atoms with E-state index < -0.39 is 18.0 Å². The predicted molar refractivity (Wildman–Crippen MR) is 116 cm³/mol. The summed E-state index contributed by atoms with van der Waals surface area (Å²) in [7, 11) is 0. The number of Topliss-reactive ketones (excluding diaryl/α,β-unsaturated/α-hetero) is 1. The second kappa shape index (κ2) is 9.18. The van der Waals surface area contributed by atoms with Crippen LogP contribution in [0.3, 0.4) is 0 Å². The Morgan fingerprint density at radius 1 is 1.10 bits per heavy atom. The molecule has 0 unspecified atom stereocenters. The Kier molecular flexibility index (Phi) is 6.63. The van der Waals surface area contributed by atoms with Crippen LogP contribution in [0.25, 0.3) is 0 Å². The van der Waals surface area contributed by atoms with Gasteiger partial charge in [-0.1, -0.05) is 53.6 Å². The van der Waals surface area contributed by atoms with Crippen LogP contribution < -0.4 is 4.74 Å². The van der Waals surface area contributed by atoms with Crippen molar-refractivity contribution in [1.82, 2.24) is 0 Å². The highest BCUT2D eigenvalue weighted by atomic mass is 16.5. The van der Waals surface area contributed by atoms with Gasteiger partial charge in [0.25, 0.3) is 0 Å². The van der Waals surface area contributed by atoms with Crippen LogP contribution in [-0.2, 0) is 6.42 Å². The fourth-order valence-corrected chi connectivity index (χ4v) is 3.55. The molecule has 0 fully saturated rings. The molecule has 5 heteroatoms. The summed E-state index contributed by atoms with van der Waals surface area (Å²) < 4.78 is 5.81. The first-order valence-electron chi connectivity index (χ1n) is 10.1. The van der Waals surface area contributed by atoms with E-state index in [1.165, 1.54) is 11.6 Å². The SMILES string of the molecule is CC(C)=CCC/C(C)=C/Cc1c(O)cc2c(c1O)C(=O)[C@@H](O)[C@H](c1ccccc1)O2. The van der Waals surface area contributed by atoms with Gasteiger partial charge in [-0.3, -0.25) is 4.79 Å². The summed E-state index contributed by atoms with van der Waals surface area (Å²) in [5, 5.41) is 31.7. The Bertz CT molecular complexity index is 984. The molecular weight excluding hydrogens is 380 g/mol. The van der Waals surface area contributed by atoms with Crippen molar-refractivity contribution in [2.45, 2.75) is 52.2 Å². The number of phenols is 2. The zero-order valence-electron chi connectivity index (χ0n) is 17.6. The minimum Gasteiger partial charge on any atom is -0.507 e. The van der Waals surface area contributed by atoms with Crippen molar-refractivity contribution < 1.29 is 24.9 Å². The van der Waals surface area contributed by atoms with Crippen molar-refractivity contribution in [2.24, 2.45) is 0 Å². The van der Waals surface area contributed by atoms with E-state index in [4.69, 9.17) is 4.74 Å². The fourth-order valence-electron chi connectivity index (χ4n) is 3.55. The zero-order valence-corrected chi connectivity index (χ0v) is 17.6. The highest BCUT2D eigenvalue weighted by Crippen LogP contribution is 2.44. The second-order valence-electron chi connectivity index (χ2n) is 7.93. The first kappa shape index (κ1) is 21.7. The van der Waals surface area contributed by atoms with Gasteiger partial charge in [-0.05, 0) is 45.6 Å². The second-order valence-corrected chi connectivity index (χ2v) is 7.93. The maximum absolute atomic E-state index is 12.8. The van der Waals surface area contributed by atoms with E-state index in [-0.39, 0.29) is 34.8 Å². The van der Waals surface area contributed by atoms with Gasteiger partial charge in [0.05, 0.1) is 0 Å². The third-order valence-electron chi connectivity index (χ3n) is 5.28. The van der Waals surface area contributed by atoms with Crippen LogP contribution in [0, 0.1) is 0 Å². The van der Waals surface area contributed by atoms with E-state index in [0.717, 1.165) is 18.4 Å². The van der Waals surface area contributed by atoms with Gasteiger partial charge in [0.15, 0.2) is 12.2 Å². The number of hydrogen-bond donors (Lipinski definition) is 3. The third-order valence-corrected chi connectivity index (χ3v) is 5.28. The normalized spacial score (nSPS) is 18.5. The first-order valence-corrected chi connectivity index (χ1v) is 10.1. The molecule has 2 aromatic rings. The van der Waals surface area contributed by atoms with E-state index in [9.17, 15) is 20.1 Å². The van der Waals surface area contributed by atoms with Crippen molar-refractivity contribution in [3.8, 4) is 17.2 Å². The number of hydrogen-bond acceptors (Lipinski definition) is 5. The predicted octanol–water partition coefficient (Wildman–Crippen LogP) is 5.01. The fraction of sp³-hybridized carbons (Fsp3) is 0.320. The molecule has 0 spiro atoms. The summed E-state index contributed by atoms with van der Waals surface area (Å²) in [5.41, 5.74) is 3.19. The number of carbonyl (C=O) groups is 1. The number of aliphatic hydroxyl groups excluding tert-OH is 1. The van der Waals surface area contributed by atoms with Gasteiger partial charge in [0, 0.05) is 11.6 Å². The van der Waals surface area contributed by atoms with Crippen LogP contribution in [0.1, 0.15) is 61.2 Å². The molecule has 1 heterocycles. The summed E-state index contributed by atoms with van der Waals surface area (Å²) in [5.74, 6) is -1.03. The molecule has 0 aromatic heterocycles. The Morgan fingerprint density at radius 2 is 1.80 bits per heavy atom. The molecule has 3 N–H and O–H groups in total. The largest absolute Gasteiger partial charge is 0.507 e. The number of ether oxygens (including phenoxy) is 1. The minimum atomic E-state index is -1.44. The Balaban J connectivity index is 1.87. The van der Waals surface area contributed by atoms with Crippen molar-refractivity contribution in [2.75, 3.05) is 0 Å². The Morgan fingerprint density at radius 3 is 2.47 bits per heavy atom. The van der Waals surface area contributed by atoms with Crippen LogP contribution in [0.15, 0.2) is 59.7 Å². The maximum atomic E-state index is 12.8. The third kappa shape index (κ3) is 4.57. The van der Waals surface area contributed by atoms with Gasteiger partial charge in [-0.15, -0.1) is 0 Å². The molecule has 2 aromatic carbocycles. The number of ketones is 1. The molecule has 5 nitrogen and oxygen atoms in total. The van der Waals surface area contributed by atoms with Gasteiger partial charge in [0.1, 0.15) is 22.8 Å². The number of allylic oxidation sites excluding steroid dienone is 4. The standard InChI is InChI=1S/C25H28O5/c1-15(2)8-7-9-16(3)12-13-18-19(26)14-20-21(22(18)27)23(28)24(29)25(30-20)17-10-5-4-6-11-17/h4-6,8,10-12,14,24-27,29H,7,9,13H2,1-3H3/b16-12+/t24-,25+/m1/s1. The zero-order chi connectivity index (χ0) is 21.8. The van der Waals surface area contributed by atoms with Gasteiger partial charge in [-0.2, -0.15) is 0 Å². The van der Waals surface area contributed by atoms with E-state index in [1.807, 2.05) is 19.1 Å². The lowest BCUT2D eigenvalue weighted by Gasteiger charge is -2.30. The summed E-state index contributed by atoms with van der Waals surface area (Å²) >= 11 is 0. The number of benzene rings is 2. The monoisotopic (exact) mass is 408 g/mol. The molecule has 1 aliphatic heterocycles. The van der Waals surface area contributed by atoms with Crippen molar-refractivity contribution >= 4 is 5.78 Å². The molecule has 0 saturated heterocycles. The highest BCUT2D eigenvalue weighted by Gasteiger charge is 2.39. The average Bonchev–Trinajstić information content (AvgIpc) is 2.70. The molecule has 30 heavy (non-hydrogen) atoms. The quantitative estimate of drug-likeness (QED) is 0.585. The molecule has 158 valence electrons. The Labute approximate surface area is 177 Å². The lowest BCUT2D eigenvalue weighted by molar-refractivity contribution is 0.0210. The van der Waals surface area contributed by atoms with Crippen LogP contribution in [-0.4, -0.2) is 27.2 Å². The van der Waals surface area contributed by atoms with Crippen LogP contribution >= 0.6 is 0 Å². The van der Waals surface area contributed by atoms with Crippen molar-refractivity contribution in [1.29, 1.82) is 0 Å².